The predicted molar refractivity (Wildman–Crippen MR) is 95.5 cm³/mol. The number of hydrogen-bond donors (Lipinski definition) is 0. The second kappa shape index (κ2) is 6.24. The molecule has 140 valence electrons. The Kier molecular flexibility index (Phi) is 4.24. The lowest BCUT2D eigenvalue weighted by atomic mass is 9.86. The van der Waals surface area contributed by atoms with E-state index in [2.05, 4.69) is 5.16 Å². The van der Waals surface area contributed by atoms with Gasteiger partial charge in [-0.1, -0.05) is 40.5 Å². The monoisotopic (exact) mass is 413 g/mol. The number of benzene rings is 2. The highest BCUT2D eigenvalue weighted by molar-refractivity contribution is 6.34. The zero-order valence-electron chi connectivity index (χ0n) is 13.7. The van der Waals surface area contributed by atoms with Gasteiger partial charge in [-0.15, -0.1) is 0 Å². The Morgan fingerprint density at radius 1 is 1.04 bits per heavy atom. The van der Waals surface area contributed by atoms with Gasteiger partial charge in [0.1, 0.15) is 0 Å². The summed E-state index contributed by atoms with van der Waals surface area (Å²) in [5, 5.41) is 3.89. The molecule has 1 atom stereocenters. The van der Waals surface area contributed by atoms with Gasteiger partial charge >= 0.3 is 6.18 Å². The van der Waals surface area contributed by atoms with E-state index in [1.165, 1.54) is 18.2 Å². The van der Waals surface area contributed by atoms with Crippen LogP contribution in [0.25, 0.3) is 0 Å². The van der Waals surface area contributed by atoms with Crippen molar-refractivity contribution >= 4 is 34.7 Å². The van der Waals surface area contributed by atoms with Gasteiger partial charge in [0.25, 0.3) is 5.60 Å². The largest absolute Gasteiger partial charge is 0.435 e. The van der Waals surface area contributed by atoms with E-state index in [1.54, 1.807) is 18.2 Å². The minimum Gasteiger partial charge on any atom is -0.374 e. The van der Waals surface area contributed by atoms with Crippen LogP contribution in [0.3, 0.4) is 0 Å². The molecular weight excluding hydrogens is 402 g/mol. The number of aryl methyl sites for hydroxylation is 1. The van der Waals surface area contributed by atoms with E-state index in [0.29, 0.717) is 24.0 Å². The fourth-order valence-electron chi connectivity index (χ4n) is 3.48. The second-order valence-electron chi connectivity index (χ2n) is 6.58. The first-order valence-electron chi connectivity index (χ1n) is 8.14. The molecule has 1 unspecified atom stereocenters. The van der Waals surface area contributed by atoms with Crippen LogP contribution in [0.1, 0.15) is 39.9 Å². The molecule has 0 N–H and O–H groups in total. The van der Waals surface area contributed by atoms with E-state index >= 15 is 0 Å². The second-order valence-corrected chi connectivity index (χ2v) is 7.46. The molecule has 8 heteroatoms. The molecule has 0 fully saturated rings. The topological polar surface area (TPSA) is 38.7 Å². The number of fused-ring (bicyclic) bond motifs is 1. The molecule has 1 heterocycles. The van der Waals surface area contributed by atoms with Crippen molar-refractivity contribution in [3.05, 3.63) is 68.7 Å². The third-order valence-electron chi connectivity index (χ3n) is 4.88. The molecular formula is C19H12Cl2F3NO2. The molecule has 0 saturated heterocycles. The van der Waals surface area contributed by atoms with E-state index in [1.807, 2.05) is 0 Å². The van der Waals surface area contributed by atoms with Crippen LogP contribution >= 0.6 is 23.2 Å². The lowest BCUT2D eigenvalue weighted by Gasteiger charge is -2.29. The number of nitrogens with zero attached hydrogens (tertiary/aromatic N) is 1. The highest BCUT2D eigenvalue weighted by Crippen LogP contribution is 2.49. The number of ketones is 1. The van der Waals surface area contributed by atoms with E-state index < -0.39 is 18.2 Å². The maximum absolute atomic E-state index is 14.0. The Balaban J connectivity index is 1.73. The SMILES string of the molecule is O=C1CCc2cc(C3=NOC(c4cc(Cl)cc(Cl)c4)(C(F)(F)F)C3)ccc21. The van der Waals surface area contributed by atoms with Gasteiger partial charge in [-0.3, -0.25) is 4.79 Å². The van der Waals surface area contributed by atoms with Crippen LogP contribution in [0.2, 0.25) is 10.0 Å². The van der Waals surface area contributed by atoms with Gasteiger partial charge in [0.15, 0.2) is 5.78 Å². The van der Waals surface area contributed by atoms with Gasteiger partial charge in [-0.25, -0.2) is 0 Å². The van der Waals surface area contributed by atoms with Crippen LogP contribution in [-0.2, 0) is 16.9 Å². The van der Waals surface area contributed by atoms with Crippen molar-refractivity contribution in [2.75, 3.05) is 0 Å². The van der Waals surface area contributed by atoms with E-state index in [0.717, 1.165) is 5.56 Å². The Morgan fingerprint density at radius 2 is 1.74 bits per heavy atom. The fourth-order valence-corrected chi connectivity index (χ4v) is 4.01. The van der Waals surface area contributed by atoms with Crippen molar-refractivity contribution in [2.45, 2.75) is 31.0 Å². The number of carbonyl (C=O) groups excluding carboxylic acids is 1. The van der Waals surface area contributed by atoms with Crippen molar-refractivity contribution in [1.29, 1.82) is 0 Å². The summed E-state index contributed by atoms with van der Waals surface area (Å²) in [6.45, 7) is 0. The number of hydrogen-bond acceptors (Lipinski definition) is 3. The maximum Gasteiger partial charge on any atom is 0.435 e. The van der Waals surface area contributed by atoms with E-state index in [4.69, 9.17) is 28.0 Å². The number of rotatable bonds is 2. The summed E-state index contributed by atoms with van der Waals surface area (Å²) in [7, 11) is 0. The number of Topliss-reactive ketones (excluding diaryl/α,β-unsaturated/α-hetero) is 1. The summed E-state index contributed by atoms with van der Waals surface area (Å²) in [4.78, 5) is 16.7. The van der Waals surface area contributed by atoms with Crippen molar-refractivity contribution < 1.29 is 22.8 Å². The zero-order chi connectivity index (χ0) is 19.4. The van der Waals surface area contributed by atoms with Gasteiger partial charge in [0.2, 0.25) is 0 Å². The number of halogens is 5. The quantitative estimate of drug-likeness (QED) is 0.632. The first-order chi connectivity index (χ1) is 12.7. The fraction of sp³-hybridized carbons (Fsp3) is 0.263. The van der Waals surface area contributed by atoms with Gasteiger partial charge in [-0.05, 0) is 41.8 Å². The summed E-state index contributed by atoms with van der Waals surface area (Å²) in [5.41, 5.74) is -0.778. The molecule has 0 aromatic heterocycles. The smallest absolute Gasteiger partial charge is 0.374 e. The average molecular weight is 414 g/mol. The first-order valence-corrected chi connectivity index (χ1v) is 8.90. The number of alkyl halides is 3. The predicted octanol–water partition coefficient (Wildman–Crippen LogP) is 5.70. The van der Waals surface area contributed by atoms with Gasteiger partial charge in [0, 0.05) is 34.0 Å². The van der Waals surface area contributed by atoms with Crippen LogP contribution in [0, 0.1) is 0 Å². The van der Waals surface area contributed by atoms with Crippen molar-refractivity contribution in [1.82, 2.24) is 0 Å². The lowest BCUT2D eigenvalue weighted by molar-refractivity contribution is -0.275. The summed E-state index contributed by atoms with van der Waals surface area (Å²) < 4.78 is 42.0. The minimum atomic E-state index is -4.74. The molecule has 1 aliphatic carbocycles. The van der Waals surface area contributed by atoms with Crippen molar-refractivity contribution in [3.8, 4) is 0 Å². The zero-order valence-corrected chi connectivity index (χ0v) is 15.3. The average Bonchev–Trinajstić information content (AvgIpc) is 3.19. The highest BCUT2D eigenvalue weighted by atomic mass is 35.5. The molecule has 2 aromatic carbocycles. The van der Waals surface area contributed by atoms with Gasteiger partial charge in [-0.2, -0.15) is 13.2 Å². The molecule has 2 aromatic rings. The molecule has 1 aliphatic heterocycles. The third-order valence-corrected chi connectivity index (χ3v) is 5.31. The molecule has 3 nitrogen and oxygen atoms in total. The number of carbonyl (C=O) groups is 1. The van der Waals surface area contributed by atoms with Crippen molar-refractivity contribution in [2.24, 2.45) is 5.16 Å². The Labute approximate surface area is 162 Å². The Morgan fingerprint density at radius 3 is 2.41 bits per heavy atom. The molecule has 0 bridgehead atoms. The van der Waals surface area contributed by atoms with Gasteiger partial charge < -0.3 is 4.84 Å². The summed E-state index contributed by atoms with van der Waals surface area (Å²) in [5.74, 6) is 0.0411. The molecule has 4 rings (SSSR count). The molecule has 0 radical (unpaired) electrons. The summed E-state index contributed by atoms with van der Waals surface area (Å²) in [6.07, 6.45) is -4.27. The Hall–Kier alpha value is -2.05. The minimum absolute atomic E-state index is 0.0411. The maximum atomic E-state index is 14.0. The van der Waals surface area contributed by atoms with Crippen LogP contribution in [0.15, 0.2) is 41.6 Å². The molecule has 0 spiro atoms. The highest BCUT2D eigenvalue weighted by Gasteiger charge is 2.62. The van der Waals surface area contributed by atoms with Crippen LogP contribution in [0.5, 0.6) is 0 Å². The Bertz CT molecular complexity index is 967. The molecule has 0 amide bonds. The van der Waals surface area contributed by atoms with E-state index in [9.17, 15) is 18.0 Å². The normalized spacial score (nSPS) is 21.8. The first kappa shape index (κ1) is 18.3. The summed E-state index contributed by atoms with van der Waals surface area (Å²) in [6, 6.07) is 8.65. The molecule has 2 aliphatic rings. The van der Waals surface area contributed by atoms with Gasteiger partial charge in [0.05, 0.1) is 5.71 Å². The lowest BCUT2D eigenvalue weighted by Crippen LogP contribution is -2.42. The van der Waals surface area contributed by atoms with Crippen molar-refractivity contribution in [3.63, 3.8) is 0 Å². The van der Waals surface area contributed by atoms with E-state index in [-0.39, 0.29) is 27.1 Å². The standard InChI is InChI=1S/C19H12Cl2F3NO2/c20-13-6-12(7-14(21)8-13)18(19(22,23)24)9-16(25-27-18)11-1-3-15-10(5-11)2-4-17(15)26/h1,3,5-8H,2,4,9H2. The van der Waals surface area contributed by atoms with Crippen LogP contribution in [0.4, 0.5) is 13.2 Å². The molecule has 27 heavy (non-hydrogen) atoms. The van der Waals surface area contributed by atoms with Crippen LogP contribution in [-0.4, -0.2) is 17.7 Å². The third kappa shape index (κ3) is 3.01. The summed E-state index contributed by atoms with van der Waals surface area (Å²) >= 11 is 11.8. The molecule has 0 saturated carbocycles. The number of oxime groups is 1. The van der Waals surface area contributed by atoms with Crippen LogP contribution < -0.4 is 0 Å².